The molecule has 0 saturated carbocycles. The minimum atomic E-state index is -2.68. The van der Waals surface area contributed by atoms with Crippen LogP contribution in [0, 0.1) is 5.82 Å². The van der Waals surface area contributed by atoms with Crippen LogP contribution in [0.25, 0.3) is 0 Å². The number of carbonyl (C=O) groups excluding carboxylic acids is 1. The van der Waals surface area contributed by atoms with E-state index in [1.54, 1.807) is 0 Å². The van der Waals surface area contributed by atoms with Crippen LogP contribution in [0.2, 0.25) is 0 Å². The monoisotopic (exact) mass is 291 g/mol. The summed E-state index contributed by atoms with van der Waals surface area (Å²) in [6.07, 6.45) is -2.90. The molecule has 0 aliphatic carbocycles. The fourth-order valence-corrected chi connectivity index (χ4v) is 1.71. The van der Waals surface area contributed by atoms with Gasteiger partial charge < -0.3 is 14.7 Å². The van der Waals surface area contributed by atoms with Crippen LogP contribution in [0.5, 0.6) is 5.75 Å². The molecule has 1 rings (SSSR count). The van der Waals surface area contributed by atoms with Crippen molar-refractivity contribution in [2.75, 3.05) is 26.8 Å². The minimum Gasteiger partial charge on any atom is -0.494 e. The Morgan fingerprint density at radius 3 is 2.65 bits per heavy atom. The van der Waals surface area contributed by atoms with Crippen LogP contribution in [0.3, 0.4) is 0 Å². The maximum atomic E-state index is 13.5. The molecule has 0 spiro atoms. The Bertz CT molecular complexity index is 454. The SMILES string of the molecule is COc1ccc(CC(=O)N(CCO)CC(F)F)cc1F. The van der Waals surface area contributed by atoms with Crippen LogP contribution in [-0.2, 0) is 11.2 Å². The minimum absolute atomic E-state index is 0.0426. The smallest absolute Gasteiger partial charge is 0.255 e. The number of amides is 1. The molecule has 112 valence electrons. The molecule has 0 heterocycles. The van der Waals surface area contributed by atoms with Gasteiger partial charge in [0.25, 0.3) is 6.43 Å². The number of aliphatic hydroxyl groups is 1. The van der Waals surface area contributed by atoms with E-state index in [-0.39, 0.29) is 18.7 Å². The predicted molar refractivity (Wildman–Crippen MR) is 66.3 cm³/mol. The number of rotatable bonds is 7. The number of benzene rings is 1. The fraction of sp³-hybridized carbons (Fsp3) is 0.462. The first-order valence-electron chi connectivity index (χ1n) is 5.97. The van der Waals surface area contributed by atoms with Gasteiger partial charge in [0.1, 0.15) is 0 Å². The van der Waals surface area contributed by atoms with Gasteiger partial charge >= 0.3 is 0 Å². The van der Waals surface area contributed by atoms with Crippen molar-refractivity contribution in [1.82, 2.24) is 4.90 Å². The van der Waals surface area contributed by atoms with E-state index in [2.05, 4.69) is 0 Å². The van der Waals surface area contributed by atoms with E-state index in [0.717, 1.165) is 11.0 Å². The van der Waals surface area contributed by atoms with Gasteiger partial charge in [-0.2, -0.15) is 0 Å². The summed E-state index contributed by atoms with van der Waals surface area (Å²) < 4.78 is 42.8. The Hall–Kier alpha value is -1.76. The molecule has 1 N–H and O–H groups in total. The zero-order chi connectivity index (χ0) is 15.1. The molecule has 20 heavy (non-hydrogen) atoms. The second-order valence-corrected chi connectivity index (χ2v) is 4.10. The standard InChI is InChI=1S/C13H16F3NO3/c1-20-11-3-2-9(6-10(11)14)7-13(19)17(4-5-18)8-12(15)16/h2-3,6,12,18H,4-5,7-8H2,1H3. The lowest BCUT2D eigenvalue weighted by Gasteiger charge is -2.21. The Morgan fingerprint density at radius 2 is 2.15 bits per heavy atom. The third-order valence-electron chi connectivity index (χ3n) is 2.65. The predicted octanol–water partition coefficient (Wildman–Crippen LogP) is 1.46. The Morgan fingerprint density at radius 1 is 1.45 bits per heavy atom. The fourth-order valence-electron chi connectivity index (χ4n) is 1.71. The van der Waals surface area contributed by atoms with Crippen LogP contribution >= 0.6 is 0 Å². The summed E-state index contributed by atoms with van der Waals surface area (Å²) in [5.41, 5.74) is 0.352. The molecule has 1 aromatic carbocycles. The molecule has 0 bridgehead atoms. The topological polar surface area (TPSA) is 49.8 Å². The second kappa shape index (κ2) is 7.74. The normalized spacial score (nSPS) is 10.7. The highest BCUT2D eigenvalue weighted by molar-refractivity contribution is 5.78. The van der Waals surface area contributed by atoms with Crippen LogP contribution in [-0.4, -0.2) is 49.1 Å². The first-order chi connectivity index (χ1) is 9.47. The maximum Gasteiger partial charge on any atom is 0.255 e. The highest BCUT2D eigenvalue weighted by Gasteiger charge is 2.18. The van der Waals surface area contributed by atoms with Gasteiger partial charge in [-0.15, -0.1) is 0 Å². The lowest BCUT2D eigenvalue weighted by Crippen LogP contribution is -2.38. The number of hydrogen-bond donors (Lipinski definition) is 1. The number of halogens is 3. The molecule has 0 aliphatic rings. The average Bonchev–Trinajstić information content (AvgIpc) is 2.38. The van der Waals surface area contributed by atoms with E-state index in [9.17, 15) is 18.0 Å². The van der Waals surface area contributed by atoms with Gasteiger partial charge in [-0.3, -0.25) is 4.79 Å². The van der Waals surface area contributed by atoms with Crippen molar-refractivity contribution in [3.63, 3.8) is 0 Å². The van der Waals surface area contributed by atoms with Crippen LogP contribution in [0.1, 0.15) is 5.56 Å². The van der Waals surface area contributed by atoms with Crippen LogP contribution in [0.15, 0.2) is 18.2 Å². The van der Waals surface area contributed by atoms with E-state index >= 15 is 0 Å². The Labute approximate surface area is 114 Å². The lowest BCUT2D eigenvalue weighted by molar-refractivity contribution is -0.133. The lowest BCUT2D eigenvalue weighted by atomic mass is 10.1. The number of nitrogens with zero attached hydrogens (tertiary/aromatic N) is 1. The summed E-state index contributed by atoms with van der Waals surface area (Å²) in [4.78, 5) is 12.7. The van der Waals surface area contributed by atoms with Crippen molar-refractivity contribution in [2.45, 2.75) is 12.8 Å². The molecule has 0 aliphatic heterocycles. The molecule has 1 amide bonds. The first-order valence-corrected chi connectivity index (χ1v) is 5.97. The zero-order valence-corrected chi connectivity index (χ0v) is 11.0. The van der Waals surface area contributed by atoms with E-state index < -0.39 is 31.3 Å². The highest BCUT2D eigenvalue weighted by Crippen LogP contribution is 2.18. The molecule has 0 radical (unpaired) electrons. The second-order valence-electron chi connectivity index (χ2n) is 4.10. The molecule has 0 fully saturated rings. The Balaban J connectivity index is 2.74. The summed E-state index contributed by atoms with van der Waals surface area (Å²) in [5.74, 6) is -1.18. The number of aliphatic hydroxyl groups excluding tert-OH is 1. The zero-order valence-electron chi connectivity index (χ0n) is 11.0. The molecule has 0 atom stereocenters. The van der Waals surface area contributed by atoms with Gasteiger partial charge in [-0.25, -0.2) is 13.2 Å². The third kappa shape index (κ3) is 4.73. The summed E-state index contributed by atoms with van der Waals surface area (Å²) in [5, 5.41) is 8.76. The number of carbonyl (C=O) groups is 1. The highest BCUT2D eigenvalue weighted by atomic mass is 19.3. The number of methoxy groups -OCH3 is 1. The first kappa shape index (κ1) is 16.3. The van der Waals surface area contributed by atoms with Crippen LogP contribution < -0.4 is 4.74 Å². The molecule has 0 aromatic heterocycles. The van der Waals surface area contributed by atoms with Gasteiger partial charge in [-0.05, 0) is 17.7 Å². The van der Waals surface area contributed by atoms with Crippen molar-refractivity contribution in [1.29, 1.82) is 0 Å². The molecule has 0 unspecified atom stereocenters. The van der Waals surface area contributed by atoms with Crippen molar-refractivity contribution < 1.29 is 27.8 Å². The summed E-state index contributed by atoms with van der Waals surface area (Å²) >= 11 is 0. The van der Waals surface area contributed by atoms with Gasteiger partial charge in [0, 0.05) is 6.54 Å². The Kier molecular flexibility index (Phi) is 6.30. The van der Waals surface area contributed by atoms with Crippen molar-refractivity contribution >= 4 is 5.91 Å². The molecular weight excluding hydrogens is 275 g/mol. The molecule has 1 aromatic rings. The van der Waals surface area contributed by atoms with Crippen molar-refractivity contribution in [3.05, 3.63) is 29.6 Å². The quantitative estimate of drug-likeness (QED) is 0.827. The average molecular weight is 291 g/mol. The molecule has 4 nitrogen and oxygen atoms in total. The van der Waals surface area contributed by atoms with E-state index in [0.29, 0.717) is 5.56 Å². The maximum absolute atomic E-state index is 13.5. The largest absolute Gasteiger partial charge is 0.494 e. The van der Waals surface area contributed by atoms with Gasteiger partial charge in [0.2, 0.25) is 5.91 Å². The molecular formula is C13H16F3NO3. The van der Waals surface area contributed by atoms with Crippen molar-refractivity contribution in [2.24, 2.45) is 0 Å². The molecule has 7 heteroatoms. The van der Waals surface area contributed by atoms with Crippen molar-refractivity contribution in [3.8, 4) is 5.75 Å². The summed E-state index contributed by atoms with van der Waals surface area (Å²) in [6, 6.07) is 3.97. The van der Waals surface area contributed by atoms with Crippen LogP contribution in [0.4, 0.5) is 13.2 Å². The summed E-state index contributed by atoms with van der Waals surface area (Å²) in [7, 11) is 1.31. The third-order valence-corrected chi connectivity index (χ3v) is 2.65. The number of ether oxygens (including phenoxy) is 1. The van der Waals surface area contributed by atoms with E-state index in [1.807, 2.05) is 0 Å². The number of alkyl halides is 2. The molecule has 0 saturated heterocycles. The van der Waals surface area contributed by atoms with Gasteiger partial charge in [0.15, 0.2) is 11.6 Å². The van der Waals surface area contributed by atoms with E-state index in [4.69, 9.17) is 9.84 Å². The van der Waals surface area contributed by atoms with E-state index in [1.165, 1.54) is 19.2 Å². The number of hydrogen-bond acceptors (Lipinski definition) is 3. The van der Waals surface area contributed by atoms with Gasteiger partial charge in [0.05, 0.1) is 26.7 Å². The van der Waals surface area contributed by atoms with Gasteiger partial charge in [-0.1, -0.05) is 6.07 Å². The summed E-state index contributed by atoms with van der Waals surface area (Å²) in [6.45, 7) is -1.34.